The molecule has 1 N–H and O–H groups in total. The molecule has 0 fully saturated rings. The van der Waals surface area contributed by atoms with Crippen LogP contribution < -0.4 is 14.2 Å². The molecule has 3 aromatic carbocycles. The lowest BCUT2D eigenvalue weighted by molar-refractivity contribution is 0.0318. The number of ketones is 1. The van der Waals surface area contributed by atoms with Gasteiger partial charge in [0.2, 0.25) is 5.78 Å². The molecule has 2 heterocycles. The van der Waals surface area contributed by atoms with Gasteiger partial charge in [-0.25, -0.2) is 13.2 Å². The quantitative estimate of drug-likeness (QED) is 0.204. The van der Waals surface area contributed by atoms with Crippen LogP contribution in [-0.2, 0) is 14.8 Å². The normalized spacial score (nSPS) is 13.4. The molecule has 4 aromatic rings. The second-order valence-corrected chi connectivity index (χ2v) is 11.6. The minimum absolute atomic E-state index is 0.00741. The number of ether oxygens (including phenoxy) is 3. The first-order valence-electron chi connectivity index (χ1n) is 12.8. The number of halogens is 1. The Balaban J connectivity index is 1.25. The van der Waals surface area contributed by atoms with Crippen LogP contribution in [0.1, 0.15) is 39.0 Å². The zero-order valence-electron chi connectivity index (χ0n) is 22.5. The number of nitrogens with one attached hydrogen (secondary N) is 1. The molecule has 0 amide bonds. The first-order chi connectivity index (χ1) is 19.5. The smallest absolute Gasteiger partial charge is 0.338 e. The van der Waals surface area contributed by atoms with Gasteiger partial charge in [0.25, 0.3) is 10.0 Å². The second kappa shape index (κ2) is 11.3. The van der Waals surface area contributed by atoms with Crippen LogP contribution in [0.5, 0.6) is 11.5 Å². The van der Waals surface area contributed by atoms with E-state index in [-0.39, 0.29) is 21.9 Å². The van der Waals surface area contributed by atoms with E-state index < -0.39 is 22.1 Å². The molecule has 0 saturated carbocycles. The highest BCUT2D eigenvalue weighted by atomic mass is 35.5. The molecule has 0 radical (unpaired) electrons. The molecule has 41 heavy (non-hydrogen) atoms. The van der Waals surface area contributed by atoms with Crippen molar-refractivity contribution < 1.29 is 32.2 Å². The van der Waals surface area contributed by atoms with Crippen LogP contribution >= 0.6 is 11.6 Å². The molecular formula is C30H27ClN2O7S. The molecule has 1 aromatic heterocycles. The molecular weight excluding hydrogens is 568 g/mol. The van der Waals surface area contributed by atoms with Crippen LogP contribution in [0.25, 0.3) is 5.69 Å². The van der Waals surface area contributed by atoms with Gasteiger partial charge in [0.1, 0.15) is 13.2 Å². The summed E-state index contributed by atoms with van der Waals surface area (Å²) in [6.45, 7) is 5.97. The number of fused-ring (bicyclic) bond motifs is 1. The Hall–Kier alpha value is -4.28. The monoisotopic (exact) mass is 594 g/mol. The minimum atomic E-state index is -3.92. The van der Waals surface area contributed by atoms with E-state index in [0.717, 1.165) is 11.4 Å². The summed E-state index contributed by atoms with van der Waals surface area (Å²) in [6, 6.07) is 19.1. The van der Waals surface area contributed by atoms with Crippen LogP contribution in [0.2, 0.25) is 5.02 Å². The third kappa shape index (κ3) is 5.94. The Morgan fingerprint density at radius 3 is 2.27 bits per heavy atom. The van der Waals surface area contributed by atoms with Crippen LogP contribution in [-0.4, -0.2) is 44.1 Å². The summed E-state index contributed by atoms with van der Waals surface area (Å²) in [4.78, 5) is 26.0. The number of carbonyl (C=O) groups excluding carboxylic acids is 2. The number of nitrogens with zero attached hydrogens (tertiary/aromatic N) is 1. The molecule has 212 valence electrons. The van der Waals surface area contributed by atoms with Crippen molar-refractivity contribution in [3.8, 4) is 17.2 Å². The fourth-order valence-corrected chi connectivity index (χ4v) is 5.78. The predicted molar refractivity (Wildman–Crippen MR) is 154 cm³/mol. The van der Waals surface area contributed by atoms with Crippen molar-refractivity contribution in [2.45, 2.75) is 31.8 Å². The number of hydrogen-bond donors (Lipinski definition) is 1. The zero-order chi connectivity index (χ0) is 29.3. The summed E-state index contributed by atoms with van der Waals surface area (Å²) in [5.41, 5.74) is 3.28. The summed E-state index contributed by atoms with van der Waals surface area (Å²) in [6.07, 6.45) is -1.05. The SMILES string of the molecule is Cc1cc(C(=O)C(C)OC(=O)c2ccc(NS(=O)(=O)c3ccc4c(c3)OCCO4)cc2)c(C)n1-c1ccc(Cl)cc1. The molecule has 1 unspecified atom stereocenters. The highest BCUT2D eigenvalue weighted by Crippen LogP contribution is 2.33. The number of anilines is 1. The second-order valence-electron chi connectivity index (χ2n) is 9.50. The van der Waals surface area contributed by atoms with E-state index in [1.807, 2.05) is 30.5 Å². The minimum Gasteiger partial charge on any atom is -0.486 e. The van der Waals surface area contributed by atoms with Crippen molar-refractivity contribution in [2.24, 2.45) is 0 Å². The molecule has 1 atom stereocenters. The summed E-state index contributed by atoms with van der Waals surface area (Å²) in [5.74, 6) is -0.211. The van der Waals surface area contributed by atoms with Gasteiger partial charge in [-0.3, -0.25) is 9.52 Å². The fourth-order valence-electron chi connectivity index (χ4n) is 4.58. The number of esters is 1. The van der Waals surface area contributed by atoms with Gasteiger partial charge in [0.15, 0.2) is 17.6 Å². The average molecular weight is 595 g/mol. The number of rotatable bonds is 8. The number of carbonyl (C=O) groups is 2. The largest absolute Gasteiger partial charge is 0.486 e. The maximum Gasteiger partial charge on any atom is 0.338 e. The molecule has 9 nitrogen and oxygen atoms in total. The van der Waals surface area contributed by atoms with E-state index in [1.54, 1.807) is 24.3 Å². The summed E-state index contributed by atoms with van der Waals surface area (Å²) in [7, 11) is -3.92. The Morgan fingerprint density at radius 1 is 0.927 bits per heavy atom. The van der Waals surface area contributed by atoms with Gasteiger partial charge in [0, 0.05) is 39.4 Å². The van der Waals surface area contributed by atoms with E-state index in [9.17, 15) is 18.0 Å². The first kappa shape index (κ1) is 28.3. The molecule has 0 bridgehead atoms. The van der Waals surface area contributed by atoms with Gasteiger partial charge in [0.05, 0.1) is 10.5 Å². The Labute approximate surface area is 242 Å². The first-order valence-corrected chi connectivity index (χ1v) is 14.6. The standard InChI is InChI=1S/C30H27ClN2O7S/c1-18-16-26(19(2)33(18)24-10-6-22(31)7-11-24)29(34)20(3)40-30(35)21-4-8-23(9-5-21)32-41(36,37)25-12-13-27-28(17-25)39-15-14-38-27/h4-13,16-17,20,32H,14-15H2,1-3H3. The number of aryl methyl sites for hydroxylation is 1. The molecule has 0 saturated heterocycles. The Bertz CT molecular complexity index is 1730. The lowest BCUT2D eigenvalue weighted by Crippen LogP contribution is -2.25. The van der Waals surface area contributed by atoms with Crippen LogP contribution in [0.4, 0.5) is 5.69 Å². The highest BCUT2D eigenvalue weighted by Gasteiger charge is 2.25. The molecule has 11 heteroatoms. The van der Waals surface area contributed by atoms with Crippen molar-refractivity contribution in [2.75, 3.05) is 17.9 Å². The topological polar surface area (TPSA) is 113 Å². The lowest BCUT2D eigenvalue weighted by Gasteiger charge is -2.19. The van der Waals surface area contributed by atoms with Crippen molar-refractivity contribution in [1.82, 2.24) is 4.57 Å². The van der Waals surface area contributed by atoms with Crippen LogP contribution in [0, 0.1) is 13.8 Å². The lowest BCUT2D eigenvalue weighted by atomic mass is 10.1. The number of sulfonamides is 1. The van der Waals surface area contributed by atoms with Crippen LogP contribution in [0.3, 0.4) is 0 Å². The fraction of sp³-hybridized carbons (Fsp3) is 0.200. The van der Waals surface area contributed by atoms with Gasteiger partial charge in [-0.2, -0.15) is 0 Å². The number of Topliss-reactive ketones (excluding diaryl/α,β-unsaturated/α-hetero) is 1. The highest BCUT2D eigenvalue weighted by molar-refractivity contribution is 7.92. The molecule has 0 aliphatic carbocycles. The Morgan fingerprint density at radius 2 is 1.59 bits per heavy atom. The van der Waals surface area contributed by atoms with Crippen LogP contribution in [0.15, 0.2) is 77.7 Å². The summed E-state index contributed by atoms with van der Waals surface area (Å²) in [5, 5.41) is 0.610. The van der Waals surface area contributed by atoms with E-state index in [0.29, 0.717) is 41.0 Å². The van der Waals surface area contributed by atoms with Gasteiger partial charge in [-0.15, -0.1) is 0 Å². The Kier molecular flexibility index (Phi) is 7.79. The predicted octanol–water partition coefficient (Wildman–Crippen LogP) is 5.75. The van der Waals surface area contributed by atoms with E-state index in [2.05, 4.69) is 4.72 Å². The van der Waals surface area contributed by atoms with Gasteiger partial charge in [-0.05, 0) is 87.5 Å². The average Bonchev–Trinajstić information content (AvgIpc) is 3.26. The number of benzene rings is 3. The van der Waals surface area contributed by atoms with E-state index >= 15 is 0 Å². The van der Waals surface area contributed by atoms with Crippen molar-refractivity contribution in [1.29, 1.82) is 0 Å². The third-order valence-corrected chi connectivity index (χ3v) is 8.26. The van der Waals surface area contributed by atoms with E-state index in [4.69, 9.17) is 25.8 Å². The molecule has 0 spiro atoms. The van der Waals surface area contributed by atoms with Crippen molar-refractivity contribution >= 4 is 39.1 Å². The number of hydrogen-bond acceptors (Lipinski definition) is 7. The molecule has 1 aliphatic heterocycles. The van der Waals surface area contributed by atoms with Gasteiger partial charge >= 0.3 is 5.97 Å². The number of aromatic nitrogens is 1. The summed E-state index contributed by atoms with van der Waals surface area (Å²) < 4.78 is 46.5. The maximum absolute atomic E-state index is 13.2. The van der Waals surface area contributed by atoms with Gasteiger partial charge < -0.3 is 18.8 Å². The third-order valence-electron chi connectivity index (χ3n) is 6.63. The molecule has 1 aliphatic rings. The van der Waals surface area contributed by atoms with Crippen molar-refractivity contribution in [3.05, 3.63) is 100 Å². The van der Waals surface area contributed by atoms with Gasteiger partial charge in [-0.1, -0.05) is 11.6 Å². The van der Waals surface area contributed by atoms with Crippen molar-refractivity contribution in [3.63, 3.8) is 0 Å². The molecule has 5 rings (SSSR count). The maximum atomic E-state index is 13.2. The van der Waals surface area contributed by atoms with E-state index in [1.165, 1.54) is 43.3 Å². The summed E-state index contributed by atoms with van der Waals surface area (Å²) >= 11 is 6.01. The zero-order valence-corrected chi connectivity index (χ0v) is 24.1.